The lowest BCUT2D eigenvalue weighted by Crippen LogP contribution is -1.94. The van der Waals surface area contributed by atoms with Crippen LogP contribution in [0.25, 0.3) is 0 Å². The predicted octanol–water partition coefficient (Wildman–Crippen LogP) is 1.13. The summed E-state index contributed by atoms with van der Waals surface area (Å²) in [4.78, 5) is 5.35. The van der Waals surface area contributed by atoms with Crippen LogP contribution >= 0.6 is 11.3 Å². The Bertz CT molecular complexity index is 247. The van der Waals surface area contributed by atoms with Crippen molar-refractivity contribution in [1.82, 2.24) is 4.98 Å². The summed E-state index contributed by atoms with van der Waals surface area (Å²) in [6, 6.07) is 0. The smallest absolute Gasteiger partial charge is 0.0955 e. The van der Waals surface area contributed by atoms with Crippen LogP contribution in [-0.2, 0) is 17.8 Å². The van der Waals surface area contributed by atoms with Gasteiger partial charge in [-0.05, 0) is 6.92 Å². The van der Waals surface area contributed by atoms with Crippen molar-refractivity contribution in [3.63, 3.8) is 0 Å². The van der Waals surface area contributed by atoms with Gasteiger partial charge in [0.25, 0.3) is 0 Å². The summed E-state index contributed by atoms with van der Waals surface area (Å²) in [5, 5.41) is 9.91. The van der Waals surface area contributed by atoms with Crippen molar-refractivity contribution in [2.45, 2.75) is 20.0 Å². The molecule has 1 aromatic heterocycles. The number of aliphatic hydroxyl groups excluding tert-OH is 1. The third-order valence-corrected chi connectivity index (χ3v) is 2.68. The summed E-state index contributed by atoms with van der Waals surface area (Å²) in [5.74, 6) is 0. The first-order valence-electron chi connectivity index (χ1n) is 3.83. The highest BCUT2D eigenvalue weighted by molar-refractivity contribution is 7.11. The topological polar surface area (TPSA) is 42.4 Å². The van der Waals surface area contributed by atoms with Gasteiger partial charge in [0, 0.05) is 18.4 Å². The second-order valence-corrected chi connectivity index (χ2v) is 3.80. The Kier molecular flexibility index (Phi) is 3.65. The lowest BCUT2D eigenvalue weighted by atomic mass is 10.4. The first-order valence-corrected chi connectivity index (χ1v) is 4.64. The summed E-state index contributed by atoms with van der Waals surface area (Å²) < 4.78 is 4.93. The fourth-order valence-corrected chi connectivity index (χ4v) is 1.85. The van der Waals surface area contributed by atoms with E-state index >= 15 is 0 Å². The Morgan fingerprint density at radius 1 is 1.58 bits per heavy atom. The Labute approximate surface area is 76.0 Å². The minimum atomic E-state index is 0.0370. The van der Waals surface area contributed by atoms with Gasteiger partial charge >= 0.3 is 0 Å². The lowest BCUT2D eigenvalue weighted by molar-refractivity contribution is 0.202. The molecular formula is C8H13NO2S. The number of hydrogen-bond donors (Lipinski definition) is 1. The number of thiazole rings is 1. The van der Waals surface area contributed by atoms with Crippen molar-refractivity contribution in [3.05, 3.63) is 15.6 Å². The maximum Gasteiger partial charge on any atom is 0.0955 e. The Hall–Kier alpha value is -0.450. The minimum absolute atomic E-state index is 0.0370. The van der Waals surface area contributed by atoms with Gasteiger partial charge in [-0.2, -0.15) is 0 Å². The number of ether oxygens (including phenoxy) is 1. The van der Waals surface area contributed by atoms with Crippen LogP contribution in [0.4, 0.5) is 0 Å². The summed E-state index contributed by atoms with van der Waals surface area (Å²) in [6.45, 7) is 2.70. The standard InChI is InChI=1S/C8H13NO2S/c1-6-7(5-10)9-8(12-6)3-4-11-2/h10H,3-5H2,1-2H3. The number of rotatable bonds is 4. The second kappa shape index (κ2) is 4.54. The van der Waals surface area contributed by atoms with E-state index in [0.717, 1.165) is 22.0 Å². The van der Waals surface area contributed by atoms with E-state index < -0.39 is 0 Å². The Morgan fingerprint density at radius 2 is 2.33 bits per heavy atom. The number of aliphatic hydroxyl groups is 1. The molecule has 0 aliphatic carbocycles. The number of nitrogens with zero attached hydrogens (tertiary/aromatic N) is 1. The van der Waals surface area contributed by atoms with Gasteiger partial charge in [0.1, 0.15) is 0 Å². The maximum absolute atomic E-state index is 8.87. The molecular weight excluding hydrogens is 174 g/mol. The molecule has 0 aliphatic rings. The molecule has 1 aromatic rings. The van der Waals surface area contributed by atoms with E-state index in [4.69, 9.17) is 9.84 Å². The van der Waals surface area contributed by atoms with Gasteiger partial charge < -0.3 is 9.84 Å². The van der Waals surface area contributed by atoms with Gasteiger partial charge in [0.15, 0.2) is 0 Å². The maximum atomic E-state index is 8.87. The normalized spacial score (nSPS) is 10.6. The predicted molar refractivity (Wildman–Crippen MR) is 48.4 cm³/mol. The fraction of sp³-hybridized carbons (Fsp3) is 0.625. The van der Waals surface area contributed by atoms with Crippen LogP contribution in [0.1, 0.15) is 15.6 Å². The molecule has 0 radical (unpaired) electrons. The van der Waals surface area contributed by atoms with Crippen molar-refractivity contribution >= 4 is 11.3 Å². The average molecular weight is 187 g/mol. The van der Waals surface area contributed by atoms with Crippen molar-refractivity contribution in [3.8, 4) is 0 Å². The molecule has 1 rings (SSSR count). The summed E-state index contributed by atoms with van der Waals surface area (Å²) in [5.41, 5.74) is 0.797. The van der Waals surface area contributed by atoms with Crippen LogP contribution in [-0.4, -0.2) is 23.8 Å². The first-order chi connectivity index (χ1) is 5.77. The van der Waals surface area contributed by atoms with Crippen LogP contribution in [0.5, 0.6) is 0 Å². The number of aryl methyl sites for hydroxylation is 1. The van der Waals surface area contributed by atoms with Gasteiger partial charge in [0.05, 0.1) is 23.9 Å². The van der Waals surface area contributed by atoms with Gasteiger partial charge in [-0.3, -0.25) is 0 Å². The molecule has 4 heteroatoms. The molecule has 3 nitrogen and oxygen atoms in total. The largest absolute Gasteiger partial charge is 0.390 e. The molecule has 0 spiro atoms. The number of hydrogen-bond acceptors (Lipinski definition) is 4. The molecule has 1 heterocycles. The zero-order valence-corrected chi connectivity index (χ0v) is 8.15. The second-order valence-electron chi connectivity index (χ2n) is 2.51. The van der Waals surface area contributed by atoms with Gasteiger partial charge in [-0.1, -0.05) is 0 Å². The average Bonchev–Trinajstić information content (AvgIpc) is 2.43. The van der Waals surface area contributed by atoms with E-state index in [2.05, 4.69) is 4.98 Å². The van der Waals surface area contributed by atoms with E-state index in [1.165, 1.54) is 0 Å². The van der Waals surface area contributed by atoms with E-state index in [1.54, 1.807) is 18.4 Å². The van der Waals surface area contributed by atoms with Crippen LogP contribution in [0.3, 0.4) is 0 Å². The molecule has 0 aromatic carbocycles. The minimum Gasteiger partial charge on any atom is -0.390 e. The molecule has 0 unspecified atom stereocenters. The SMILES string of the molecule is COCCc1nc(CO)c(C)s1. The van der Waals surface area contributed by atoms with Gasteiger partial charge in [0.2, 0.25) is 0 Å². The zero-order chi connectivity index (χ0) is 8.97. The van der Waals surface area contributed by atoms with E-state index in [0.29, 0.717) is 6.61 Å². The lowest BCUT2D eigenvalue weighted by Gasteiger charge is -1.92. The van der Waals surface area contributed by atoms with Crippen molar-refractivity contribution in [2.24, 2.45) is 0 Å². The number of aromatic nitrogens is 1. The molecule has 0 bridgehead atoms. The molecule has 0 amide bonds. The highest BCUT2D eigenvalue weighted by Crippen LogP contribution is 2.17. The molecule has 0 saturated carbocycles. The zero-order valence-electron chi connectivity index (χ0n) is 7.33. The summed E-state index contributed by atoms with van der Waals surface area (Å²) >= 11 is 1.63. The highest BCUT2D eigenvalue weighted by Gasteiger charge is 2.05. The van der Waals surface area contributed by atoms with Crippen molar-refractivity contribution < 1.29 is 9.84 Å². The highest BCUT2D eigenvalue weighted by atomic mass is 32.1. The Morgan fingerprint density at radius 3 is 2.83 bits per heavy atom. The van der Waals surface area contributed by atoms with Crippen LogP contribution < -0.4 is 0 Å². The monoisotopic (exact) mass is 187 g/mol. The van der Waals surface area contributed by atoms with Crippen LogP contribution in [0.2, 0.25) is 0 Å². The molecule has 68 valence electrons. The van der Waals surface area contributed by atoms with E-state index in [-0.39, 0.29) is 6.61 Å². The van der Waals surface area contributed by atoms with Crippen LogP contribution in [0, 0.1) is 6.92 Å². The van der Waals surface area contributed by atoms with Crippen LogP contribution in [0.15, 0.2) is 0 Å². The van der Waals surface area contributed by atoms with Crippen molar-refractivity contribution in [1.29, 1.82) is 0 Å². The fourth-order valence-electron chi connectivity index (χ4n) is 0.931. The summed E-state index contributed by atoms with van der Waals surface area (Å²) in [6.07, 6.45) is 0.835. The molecule has 0 fully saturated rings. The number of methoxy groups -OCH3 is 1. The first kappa shape index (κ1) is 9.64. The van der Waals surface area contributed by atoms with Crippen molar-refractivity contribution in [2.75, 3.05) is 13.7 Å². The van der Waals surface area contributed by atoms with E-state index in [1.807, 2.05) is 6.92 Å². The molecule has 0 atom stereocenters. The Balaban J connectivity index is 2.62. The molecule has 12 heavy (non-hydrogen) atoms. The summed E-state index contributed by atoms with van der Waals surface area (Å²) in [7, 11) is 1.67. The molecule has 1 N–H and O–H groups in total. The van der Waals surface area contributed by atoms with Gasteiger partial charge in [-0.15, -0.1) is 11.3 Å². The van der Waals surface area contributed by atoms with E-state index in [9.17, 15) is 0 Å². The quantitative estimate of drug-likeness (QED) is 0.768. The van der Waals surface area contributed by atoms with Gasteiger partial charge in [-0.25, -0.2) is 4.98 Å². The molecule has 0 saturated heterocycles. The third-order valence-electron chi connectivity index (χ3n) is 1.61. The third kappa shape index (κ3) is 2.27. The molecule has 0 aliphatic heterocycles.